The lowest BCUT2D eigenvalue weighted by molar-refractivity contribution is -0.137. The number of thioether (sulfide) groups is 1. The van der Waals surface area contributed by atoms with Gasteiger partial charge in [-0.25, -0.2) is 12.8 Å². The maximum absolute atomic E-state index is 13.9. The highest BCUT2D eigenvalue weighted by atomic mass is 35.5. The number of nitrogens with zero attached hydrogens (tertiary/aromatic N) is 2. The highest BCUT2D eigenvalue weighted by Gasteiger charge is 2.49. The first kappa shape index (κ1) is 20.1. The van der Waals surface area contributed by atoms with Crippen LogP contribution >= 0.6 is 23.4 Å². The van der Waals surface area contributed by atoms with Gasteiger partial charge in [0.05, 0.1) is 22.6 Å². The molecule has 2 heterocycles. The van der Waals surface area contributed by atoms with E-state index in [1.165, 1.54) is 23.9 Å². The lowest BCUT2D eigenvalue weighted by atomic mass is 10.2. The molecule has 2 saturated heterocycles. The van der Waals surface area contributed by atoms with Crippen LogP contribution in [0, 0.1) is 5.82 Å². The summed E-state index contributed by atoms with van der Waals surface area (Å²) in [6, 6.07) is 3.63. The van der Waals surface area contributed by atoms with Gasteiger partial charge >= 0.3 is 5.97 Å². The smallest absolute Gasteiger partial charge is 0.303 e. The van der Waals surface area contributed by atoms with Crippen LogP contribution in [-0.4, -0.2) is 53.4 Å². The molecule has 146 valence electrons. The zero-order valence-electron chi connectivity index (χ0n) is 14.0. The molecule has 11 heteroatoms. The molecule has 0 unspecified atom stereocenters. The molecule has 0 spiro atoms. The SMILES string of the molecule is O=C(O)CCCC(=O)N=C1S[C@@H]2CS(=O)(=O)C[C@H]2N1c1ccc(Cl)c(F)c1. The van der Waals surface area contributed by atoms with E-state index in [0.717, 1.165) is 0 Å². The van der Waals surface area contributed by atoms with E-state index in [1.54, 1.807) is 11.0 Å². The number of halogens is 2. The van der Waals surface area contributed by atoms with E-state index >= 15 is 0 Å². The Hall–Kier alpha value is -1.65. The van der Waals surface area contributed by atoms with Crippen LogP contribution in [0.2, 0.25) is 5.02 Å². The summed E-state index contributed by atoms with van der Waals surface area (Å²) < 4.78 is 37.9. The highest BCUT2D eigenvalue weighted by Crippen LogP contribution is 2.41. The normalized spacial score (nSPS) is 25.0. The number of carbonyl (C=O) groups is 2. The molecule has 0 radical (unpaired) electrons. The minimum absolute atomic E-state index is 0.0349. The van der Waals surface area contributed by atoms with Crippen LogP contribution in [0.4, 0.5) is 10.1 Å². The fourth-order valence-corrected chi connectivity index (χ4v) is 7.10. The number of amides is 1. The summed E-state index contributed by atoms with van der Waals surface area (Å²) in [5.74, 6) is -2.30. The van der Waals surface area contributed by atoms with E-state index in [1.807, 2.05) is 0 Å². The predicted molar refractivity (Wildman–Crippen MR) is 102 cm³/mol. The summed E-state index contributed by atoms with van der Waals surface area (Å²) >= 11 is 6.89. The van der Waals surface area contributed by atoms with Gasteiger partial charge in [-0.05, 0) is 24.6 Å². The maximum atomic E-state index is 13.9. The van der Waals surface area contributed by atoms with Crippen LogP contribution in [0.15, 0.2) is 23.2 Å². The average molecular weight is 435 g/mol. The molecule has 2 atom stereocenters. The number of carboxylic acids is 1. The van der Waals surface area contributed by atoms with Crippen molar-refractivity contribution in [1.29, 1.82) is 0 Å². The Bertz CT molecular complexity index is 921. The number of carbonyl (C=O) groups excluding carboxylic acids is 1. The molecule has 2 fully saturated rings. The molecule has 1 amide bonds. The Balaban J connectivity index is 1.88. The van der Waals surface area contributed by atoms with Gasteiger partial charge in [-0.1, -0.05) is 23.4 Å². The molecule has 3 rings (SSSR count). The molecular weight excluding hydrogens is 419 g/mol. The molecule has 0 bridgehead atoms. The molecule has 1 N–H and O–H groups in total. The molecule has 1 aromatic carbocycles. The number of carboxylic acid groups (broad SMARTS) is 1. The zero-order chi connectivity index (χ0) is 19.8. The Morgan fingerprint density at radius 3 is 2.74 bits per heavy atom. The average Bonchev–Trinajstić information content (AvgIpc) is 3.00. The largest absolute Gasteiger partial charge is 0.481 e. The fraction of sp³-hybridized carbons (Fsp3) is 0.438. The third-order valence-electron chi connectivity index (χ3n) is 4.25. The molecular formula is C16H16ClFN2O5S2. The standard InChI is InChI=1S/C16H16ClFN2O5S2/c17-10-5-4-9(6-11(10)18)20-12-7-27(24,25)8-13(12)26-16(20)19-14(21)2-1-3-15(22)23/h4-6,12-13H,1-3,7-8H2,(H,22,23)/t12-,13-/m1/s1. The van der Waals surface area contributed by atoms with Gasteiger partial charge in [-0.2, -0.15) is 4.99 Å². The highest BCUT2D eigenvalue weighted by molar-refractivity contribution is 8.16. The van der Waals surface area contributed by atoms with E-state index in [-0.39, 0.29) is 41.0 Å². The minimum Gasteiger partial charge on any atom is -0.481 e. The quantitative estimate of drug-likeness (QED) is 0.758. The number of hydrogen-bond acceptors (Lipinski definition) is 5. The molecule has 2 aliphatic heterocycles. The van der Waals surface area contributed by atoms with Gasteiger partial charge in [0, 0.05) is 23.8 Å². The van der Waals surface area contributed by atoms with Gasteiger partial charge in [0.15, 0.2) is 15.0 Å². The number of aliphatic carboxylic acids is 1. The number of sulfone groups is 1. The monoisotopic (exact) mass is 434 g/mol. The topological polar surface area (TPSA) is 104 Å². The second-order valence-corrected chi connectivity index (χ2v) is 10.1. The lowest BCUT2D eigenvalue weighted by Gasteiger charge is -2.24. The summed E-state index contributed by atoms with van der Waals surface area (Å²) in [6.45, 7) is 0. The van der Waals surface area contributed by atoms with Crippen molar-refractivity contribution in [2.75, 3.05) is 16.4 Å². The number of hydrogen-bond donors (Lipinski definition) is 1. The van der Waals surface area contributed by atoms with E-state index in [2.05, 4.69) is 4.99 Å². The van der Waals surface area contributed by atoms with Gasteiger partial charge in [0.1, 0.15) is 5.82 Å². The molecule has 27 heavy (non-hydrogen) atoms. The second kappa shape index (κ2) is 7.76. The van der Waals surface area contributed by atoms with Gasteiger partial charge < -0.3 is 10.0 Å². The van der Waals surface area contributed by atoms with Crippen LogP contribution in [0.25, 0.3) is 0 Å². The van der Waals surface area contributed by atoms with Crippen molar-refractivity contribution >= 4 is 55.9 Å². The maximum Gasteiger partial charge on any atom is 0.303 e. The van der Waals surface area contributed by atoms with Crippen LogP contribution in [0.5, 0.6) is 0 Å². The van der Waals surface area contributed by atoms with Crippen LogP contribution in [0.3, 0.4) is 0 Å². The van der Waals surface area contributed by atoms with E-state index in [0.29, 0.717) is 10.9 Å². The van der Waals surface area contributed by atoms with Crippen LogP contribution in [0.1, 0.15) is 19.3 Å². The van der Waals surface area contributed by atoms with E-state index < -0.39 is 33.6 Å². The number of benzene rings is 1. The van der Waals surface area contributed by atoms with Crippen LogP contribution in [-0.2, 0) is 19.4 Å². The molecule has 0 aliphatic carbocycles. The van der Waals surface area contributed by atoms with Crippen molar-refractivity contribution in [1.82, 2.24) is 0 Å². The summed E-state index contributed by atoms with van der Waals surface area (Å²) in [6.07, 6.45) is -0.0153. The summed E-state index contributed by atoms with van der Waals surface area (Å²) in [7, 11) is -3.23. The van der Waals surface area contributed by atoms with Gasteiger partial charge in [0.2, 0.25) is 5.91 Å². The third-order valence-corrected chi connectivity index (χ3v) is 7.77. The zero-order valence-corrected chi connectivity index (χ0v) is 16.4. The van der Waals surface area contributed by atoms with Crippen molar-refractivity contribution in [3.8, 4) is 0 Å². The van der Waals surface area contributed by atoms with Crippen molar-refractivity contribution in [2.45, 2.75) is 30.6 Å². The second-order valence-electron chi connectivity index (χ2n) is 6.30. The lowest BCUT2D eigenvalue weighted by Crippen LogP contribution is -2.37. The summed E-state index contributed by atoms with van der Waals surface area (Å²) in [5.41, 5.74) is 0.367. The Morgan fingerprint density at radius 1 is 1.33 bits per heavy atom. The van der Waals surface area contributed by atoms with Gasteiger partial charge in [-0.15, -0.1) is 0 Å². The predicted octanol–water partition coefficient (Wildman–Crippen LogP) is 2.34. The number of fused-ring (bicyclic) bond motifs is 1. The number of rotatable bonds is 5. The number of anilines is 1. The van der Waals surface area contributed by atoms with Crippen molar-refractivity contribution in [3.05, 3.63) is 29.0 Å². The minimum atomic E-state index is -3.23. The third kappa shape index (κ3) is 4.61. The summed E-state index contributed by atoms with van der Waals surface area (Å²) in [4.78, 5) is 28.2. The van der Waals surface area contributed by atoms with E-state index in [9.17, 15) is 22.4 Å². The fourth-order valence-electron chi connectivity index (χ4n) is 3.05. The van der Waals surface area contributed by atoms with Crippen molar-refractivity contribution < 1.29 is 27.5 Å². The Labute approximate surface area is 164 Å². The van der Waals surface area contributed by atoms with Gasteiger partial charge in [-0.3, -0.25) is 9.59 Å². The van der Waals surface area contributed by atoms with Crippen LogP contribution < -0.4 is 4.90 Å². The van der Waals surface area contributed by atoms with Crippen molar-refractivity contribution in [3.63, 3.8) is 0 Å². The molecule has 0 saturated carbocycles. The Kier molecular flexibility index (Phi) is 5.78. The number of aliphatic imine (C=N–C) groups is 1. The molecule has 1 aromatic rings. The first-order valence-electron chi connectivity index (χ1n) is 8.11. The molecule has 0 aromatic heterocycles. The number of amidine groups is 1. The van der Waals surface area contributed by atoms with Gasteiger partial charge in [0.25, 0.3) is 0 Å². The molecule has 7 nitrogen and oxygen atoms in total. The first-order valence-corrected chi connectivity index (χ1v) is 11.2. The summed E-state index contributed by atoms with van der Waals surface area (Å²) in [5, 5.41) is 8.57. The Morgan fingerprint density at radius 2 is 2.07 bits per heavy atom. The van der Waals surface area contributed by atoms with Crippen molar-refractivity contribution in [2.24, 2.45) is 4.99 Å². The van der Waals surface area contributed by atoms with E-state index in [4.69, 9.17) is 16.7 Å². The molecule has 2 aliphatic rings. The first-order chi connectivity index (χ1) is 12.7.